The molecule has 0 spiro atoms. The molecule has 0 aromatic rings. The third-order valence-corrected chi connectivity index (χ3v) is 3.17. The van der Waals surface area contributed by atoms with E-state index in [0.717, 1.165) is 4.90 Å². The highest BCUT2D eigenvalue weighted by Gasteiger charge is 2.60. The third kappa shape index (κ3) is 2.05. The summed E-state index contributed by atoms with van der Waals surface area (Å²) in [5.41, 5.74) is 0. The van der Waals surface area contributed by atoms with Crippen molar-refractivity contribution in [1.82, 2.24) is 10.2 Å². The van der Waals surface area contributed by atoms with Crippen molar-refractivity contribution in [2.75, 3.05) is 13.2 Å². The highest BCUT2D eigenvalue weighted by molar-refractivity contribution is 5.05. The van der Waals surface area contributed by atoms with Crippen molar-refractivity contribution in [3.8, 4) is 0 Å². The Kier molecular flexibility index (Phi) is 3.45. The predicted octanol–water partition coefficient (Wildman–Crippen LogP) is -1.22. The first kappa shape index (κ1) is 13.5. The van der Waals surface area contributed by atoms with Crippen molar-refractivity contribution in [3.05, 3.63) is 12.4 Å². The van der Waals surface area contributed by atoms with Crippen LogP contribution >= 0.6 is 0 Å². The zero-order chi connectivity index (χ0) is 13.5. The number of alkyl halides is 2. The summed E-state index contributed by atoms with van der Waals surface area (Å²) in [7, 11) is 0. The molecule has 4 atom stereocenters. The second-order valence-corrected chi connectivity index (χ2v) is 4.42. The van der Waals surface area contributed by atoms with Crippen LogP contribution in [0.15, 0.2) is 12.4 Å². The summed E-state index contributed by atoms with van der Waals surface area (Å²) >= 11 is 0. The number of aliphatic hydroxyl groups excluding tert-OH is 3. The lowest BCUT2D eigenvalue weighted by atomic mass is 10.1. The van der Waals surface area contributed by atoms with E-state index in [9.17, 15) is 19.0 Å². The Balaban J connectivity index is 2.15. The molecular formula is C10H16F2N2O4. The number of rotatable bonds is 2. The van der Waals surface area contributed by atoms with Gasteiger partial charge in [0, 0.05) is 13.0 Å². The molecule has 104 valence electrons. The molecule has 0 amide bonds. The minimum Gasteiger partial charge on any atom is -0.394 e. The number of halogens is 2. The highest BCUT2D eigenvalue weighted by atomic mass is 19.3. The van der Waals surface area contributed by atoms with E-state index in [-0.39, 0.29) is 18.8 Å². The molecule has 8 heteroatoms. The number of nitrogens with one attached hydrogen (secondary N) is 1. The molecule has 0 unspecified atom stereocenters. The molecule has 2 fully saturated rings. The van der Waals surface area contributed by atoms with Crippen molar-refractivity contribution in [2.24, 2.45) is 0 Å². The van der Waals surface area contributed by atoms with Crippen molar-refractivity contribution in [3.63, 3.8) is 0 Å². The monoisotopic (exact) mass is 266 g/mol. The van der Waals surface area contributed by atoms with Crippen molar-refractivity contribution >= 4 is 0 Å². The maximum Gasteiger partial charge on any atom is 0.319 e. The van der Waals surface area contributed by atoms with E-state index in [1.165, 1.54) is 0 Å². The summed E-state index contributed by atoms with van der Waals surface area (Å²) in [4.78, 5) is 1.14. The number of hydrogen-bond donors (Lipinski definition) is 4. The zero-order valence-electron chi connectivity index (χ0n) is 9.59. The van der Waals surface area contributed by atoms with Gasteiger partial charge in [0.2, 0.25) is 0 Å². The molecule has 0 bridgehead atoms. The predicted molar refractivity (Wildman–Crippen MR) is 56.3 cm³/mol. The van der Waals surface area contributed by atoms with Crippen molar-refractivity contribution in [2.45, 2.75) is 37.0 Å². The summed E-state index contributed by atoms with van der Waals surface area (Å²) in [6, 6.07) is 0. The number of hydrogen-bond acceptors (Lipinski definition) is 6. The first-order valence-corrected chi connectivity index (χ1v) is 5.60. The molecule has 0 saturated carbocycles. The van der Waals surface area contributed by atoms with E-state index in [2.05, 4.69) is 11.9 Å². The first-order valence-electron chi connectivity index (χ1n) is 5.60. The fraction of sp³-hybridized carbons (Fsp3) is 0.800. The van der Waals surface area contributed by atoms with Crippen LogP contribution < -0.4 is 5.32 Å². The van der Waals surface area contributed by atoms with Gasteiger partial charge in [0.25, 0.3) is 0 Å². The van der Waals surface area contributed by atoms with Gasteiger partial charge in [0.1, 0.15) is 12.3 Å². The van der Waals surface area contributed by atoms with E-state index in [1.54, 1.807) is 0 Å². The Morgan fingerprint density at radius 1 is 1.50 bits per heavy atom. The minimum atomic E-state index is -3.51. The molecule has 2 rings (SSSR count). The fourth-order valence-electron chi connectivity index (χ4n) is 2.15. The molecule has 2 aliphatic rings. The molecule has 6 nitrogen and oxygen atoms in total. The maximum atomic E-state index is 13.8. The fourth-order valence-corrected chi connectivity index (χ4v) is 2.15. The summed E-state index contributed by atoms with van der Waals surface area (Å²) in [5, 5.41) is 30.1. The normalized spacial score (nSPS) is 39.8. The average Bonchev–Trinajstić information content (AvgIpc) is 2.52. The molecule has 0 aromatic heterocycles. The molecule has 2 heterocycles. The van der Waals surface area contributed by atoms with Crippen LogP contribution in [0.3, 0.4) is 0 Å². The molecule has 4 N–H and O–H groups in total. The third-order valence-electron chi connectivity index (χ3n) is 3.17. The number of nitrogens with zero attached hydrogens (tertiary/aromatic N) is 1. The molecule has 2 saturated heterocycles. The van der Waals surface area contributed by atoms with Crippen LogP contribution in [0, 0.1) is 0 Å². The van der Waals surface area contributed by atoms with Gasteiger partial charge in [0.05, 0.1) is 12.4 Å². The Morgan fingerprint density at radius 2 is 2.17 bits per heavy atom. The van der Waals surface area contributed by atoms with Gasteiger partial charge < -0.3 is 30.3 Å². The molecule has 0 aromatic carbocycles. The van der Waals surface area contributed by atoms with Crippen molar-refractivity contribution < 1.29 is 28.8 Å². The summed E-state index contributed by atoms with van der Waals surface area (Å²) in [6.45, 7) is 2.96. The van der Waals surface area contributed by atoms with Gasteiger partial charge >= 0.3 is 5.92 Å². The van der Waals surface area contributed by atoms with Crippen LogP contribution in [0.2, 0.25) is 0 Å². The highest BCUT2D eigenvalue weighted by Crippen LogP contribution is 2.39. The van der Waals surface area contributed by atoms with Gasteiger partial charge in [-0.05, 0) is 0 Å². The Labute approximate surface area is 102 Å². The standard InChI is InChI=1S/C10H16F2N2O4/c1-5-13-7(16)2-3-14(5)9-10(11,12)8(17)6(4-15)18-9/h6-9,13,15-17H,1-4H2/t6-,7-,8-,9-/m1/s1. The Hall–Kier alpha value is -0.960. The van der Waals surface area contributed by atoms with E-state index >= 15 is 0 Å². The summed E-state index contributed by atoms with van der Waals surface area (Å²) in [6.07, 6.45) is -5.69. The number of aliphatic hydroxyl groups is 3. The molecule has 18 heavy (non-hydrogen) atoms. The number of ether oxygens (including phenoxy) is 1. The van der Waals surface area contributed by atoms with Crippen LogP contribution in [0.1, 0.15) is 6.42 Å². The summed E-state index contributed by atoms with van der Waals surface area (Å²) in [5.74, 6) is -3.41. The minimum absolute atomic E-state index is 0.101. The second-order valence-electron chi connectivity index (χ2n) is 4.42. The molecule has 2 aliphatic heterocycles. The smallest absolute Gasteiger partial charge is 0.319 e. The quantitative estimate of drug-likeness (QED) is 0.501. The van der Waals surface area contributed by atoms with E-state index in [4.69, 9.17) is 9.84 Å². The van der Waals surface area contributed by atoms with Crippen LogP contribution in [0.4, 0.5) is 8.78 Å². The van der Waals surface area contributed by atoms with Crippen molar-refractivity contribution in [1.29, 1.82) is 0 Å². The Bertz CT molecular complexity index is 342. The maximum absolute atomic E-state index is 13.8. The van der Waals surface area contributed by atoms with E-state index in [0.29, 0.717) is 0 Å². The zero-order valence-corrected chi connectivity index (χ0v) is 9.59. The lowest BCUT2D eigenvalue weighted by Crippen LogP contribution is -2.55. The van der Waals surface area contributed by atoms with Gasteiger partial charge in [-0.25, -0.2) is 0 Å². The largest absolute Gasteiger partial charge is 0.394 e. The molecule has 0 radical (unpaired) electrons. The van der Waals surface area contributed by atoms with Crippen LogP contribution in [-0.2, 0) is 4.74 Å². The first-order chi connectivity index (χ1) is 8.37. The van der Waals surface area contributed by atoms with E-state index < -0.39 is 37.2 Å². The van der Waals surface area contributed by atoms with Gasteiger partial charge in [-0.2, -0.15) is 8.78 Å². The Morgan fingerprint density at radius 3 is 2.67 bits per heavy atom. The van der Waals surface area contributed by atoms with Crippen LogP contribution in [0.5, 0.6) is 0 Å². The van der Waals surface area contributed by atoms with Gasteiger partial charge in [-0.1, -0.05) is 6.58 Å². The second kappa shape index (κ2) is 4.61. The summed E-state index contributed by atoms with van der Waals surface area (Å²) < 4.78 is 32.6. The molecular weight excluding hydrogens is 250 g/mol. The topological polar surface area (TPSA) is 85.2 Å². The lowest BCUT2D eigenvalue weighted by molar-refractivity contribution is -0.167. The van der Waals surface area contributed by atoms with Gasteiger partial charge in [-0.15, -0.1) is 0 Å². The lowest BCUT2D eigenvalue weighted by Gasteiger charge is -2.39. The van der Waals surface area contributed by atoms with E-state index in [1.807, 2.05) is 0 Å². The SMILES string of the molecule is C=C1N[C@H](O)CCN1[C@@H]1O[C@H](CO)[C@@H](O)C1(F)F. The van der Waals surface area contributed by atoms with Gasteiger partial charge in [0.15, 0.2) is 12.3 Å². The average molecular weight is 266 g/mol. The van der Waals surface area contributed by atoms with Crippen LogP contribution in [-0.4, -0.2) is 64.0 Å². The molecule has 0 aliphatic carbocycles. The van der Waals surface area contributed by atoms with Crippen LogP contribution in [0.25, 0.3) is 0 Å². The van der Waals surface area contributed by atoms with Gasteiger partial charge in [-0.3, -0.25) is 0 Å².